The zero-order valence-corrected chi connectivity index (χ0v) is 7.36. The standard InChI is InChI=1S/C11H11NO/c13-11-8-5-9-12(11)10-6-3-1-2-4-7-10/h1,3-4,6-7H,5,8-9H2. The van der Waals surface area contributed by atoms with Crippen LogP contribution in [-0.4, -0.2) is 17.4 Å². The highest BCUT2D eigenvalue weighted by atomic mass is 16.2. The highest BCUT2D eigenvalue weighted by Gasteiger charge is 2.21. The van der Waals surface area contributed by atoms with E-state index in [4.69, 9.17) is 0 Å². The van der Waals surface area contributed by atoms with Gasteiger partial charge in [-0.2, -0.15) is 0 Å². The van der Waals surface area contributed by atoms with E-state index < -0.39 is 0 Å². The smallest absolute Gasteiger partial charge is 0.227 e. The Hall–Kier alpha value is -1.53. The Labute approximate surface area is 77.5 Å². The van der Waals surface area contributed by atoms with Crippen molar-refractivity contribution in [1.82, 2.24) is 4.90 Å². The Balaban J connectivity index is 2.21. The number of allylic oxidation sites excluding steroid dienone is 4. The molecule has 0 aromatic heterocycles. The normalized spacial score (nSPS) is 20.8. The molecule has 0 N–H and O–H groups in total. The van der Waals surface area contributed by atoms with Gasteiger partial charge in [-0.05, 0) is 30.7 Å². The Morgan fingerprint density at radius 1 is 1.38 bits per heavy atom. The monoisotopic (exact) mass is 173 g/mol. The zero-order valence-electron chi connectivity index (χ0n) is 7.36. The number of amides is 1. The van der Waals surface area contributed by atoms with Crippen LogP contribution < -0.4 is 0 Å². The van der Waals surface area contributed by atoms with Gasteiger partial charge in [-0.25, -0.2) is 0 Å². The van der Waals surface area contributed by atoms with E-state index in [9.17, 15) is 4.79 Å². The highest BCUT2D eigenvalue weighted by Crippen LogP contribution is 2.17. The maximum Gasteiger partial charge on any atom is 0.227 e. The third-order valence-corrected chi connectivity index (χ3v) is 2.19. The summed E-state index contributed by atoms with van der Waals surface area (Å²) < 4.78 is 0. The Morgan fingerprint density at radius 2 is 2.31 bits per heavy atom. The fourth-order valence-corrected chi connectivity index (χ4v) is 1.55. The number of likely N-dealkylation sites (tertiary alicyclic amines) is 1. The number of carbonyl (C=O) groups is 1. The van der Waals surface area contributed by atoms with Crippen molar-refractivity contribution in [2.24, 2.45) is 0 Å². The lowest BCUT2D eigenvalue weighted by Gasteiger charge is -2.15. The van der Waals surface area contributed by atoms with Gasteiger partial charge in [0.2, 0.25) is 5.91 Å². The molecule has 1 heterocycles. The van der Waals surface area contributed by atoms with Gasteiger partial charge in [0.1, 0.15) is 0 Å². The van der Waals surface area contributed by atoms with Crippen molar-refractivity contribution >= 4 is 5.91 Å². The summed E-state index contributed by atoms with van der Waals surface area (Å²) in [5.74, 6) is 0.228. The van der Waals surface area contributed by atoms with Crippen molar-refractivity contribution in [3.05, 3.63) is 41.8 Å². The number of hydrogen-bond acceptors (Lipinski definition) is 1. The molecule has 2 heteroatoms. The molecule has 1 aliphatic heterocycles. The average Bonchev–Trinajstić information content (AvgIpc) is 2.43. The Kier molecular flexibility index (Phi) is 2.15. The molecule has 0 radical (unpaired) electrons. The minimum atomic E-state index is 0.228. The summed E-state index contributed by atoms with van der Waals surface area (Å²) in [5.41, 5.74) is 3.94. The van der Waals surface area contributed by atoms with Crippen molar-refractivity contribution in [2.45, 2.75) is 12.8 Å². The second-order valence-electron chi connectivity index (χ2n) is 3.10. The van der Waals surface area contributed by atoms with E-state index in [0.29, 0.717) is 6.42 Å². The lowest BCUT2D eigenvalue weighted by molar-refractivity contribution is -0.125. The van der Waals surface area contributed by atoms with Gasteiger partial charge in [0.15, 0.2) is 0 Å². The molecule has 1 amide bonds. The number of carbonyl (C=O) groups excluding carboxylic acids is 1. The molecule has 0 spiro atoms. The van der Waals surface area contributed by atoms with E-state index in [1.54, 1.807) is 0 Å². The fourth-order valence-electron chi connectivity index (χ4n) is 1.55. The van der Waals surface area contributed by atoms with Crippen LogP contribution in [0, 0.1) is 0 Å². The van der Waals surface area contributed by atoms with E-state index in [1.807, 2.05) is 35.3 Å². The fraction of sp³-hybridized carbons (Fsp3) is 0.273. The molecule has 0 atom stereocenters. The van der Waals surface area contributed by atoms with E-state index in [2.05, 4.69) is 5.73 Å². The van der Waals surface area contributed by atoms with E-state index in [0.717, 1.165) is 18.7 Å². The van der Waals surface area contributed by atoms with Gasteiger partial charge in [-0.15, -0.1) is 5.73 Å². The summed E-state index contributed by atoms with van der Waals surface area (Å²) in [7, 11) is 0. The van der Waals surface area contributed by atoms with Crippen LogP contribution in [0.1, 0.15) is 12.8 Å². The minimum Gasteiger partial charge on any atom is -0.312 e. The molecule has 13 heavy (non-hydrogen) atoms. The van der Waals surface area contributed by atoms with Crippen molar-refractivity contribution < 1.29 is 4.79 Å². The van der Waals surface area contributed by atoms with Crippen molar-refractivity contribution in [2.75, 3.05) is 6.54 Å². The zero-order chi connectivity index (χ0) is 9.10. The van der Waals surface area contributed by atoms with Gasteiger partial charge in [0, 0.05) is 18.7 Å². The first-order chi connectivity index (χ1) is 6.38. The summed E-state index contributed by atoms with van der Waals surface area (Å²) >= 11 is 0. The highest BCUT2D eigenvalue weighted by molar-refractivity contribution is 5.80. The molecule has 0 bridgehead atoms. The Bertz CT molecular complexity index is 343. The quantitative estimate of drug-likeness (QED) is 0.553. The van der Waals surface area contributed by atoms with Crippen LogP contribution in [0.3, 0.4) is 0 Å². The van der Waals surface area contributed by atoms with E-state index in [-0.39, 0.29) is 5.91 Å². The number of rotatable bonds is 1. The van der Waals surface area contributed by atoms with Crippen LogP contribution in [0.15, 0.2) is 41.8 Å². The van der Waals surface area contributed by atoms with Gasteiger partial charge in [0.05, 0.1) is 0 Å². The second kappa shape index (κ2) is 3.46. The molecule has 1 saturated heterocycles. The summed E-state index contributed by atoms with van der Waals surface area (Å²) in [6, 6.07) is 0. The topological polar surface area (TPSA) is 20.3 Å². The lowest BCUT2D eigenvalue weighted by Crippen LogP contribution is -2.22. The second-order valence-corrected chi connectivity index (χ2v) is 3.10. The number of nitrogens with zero attached hydrogens (tertiary/aromatic N) is 1. The summed E-state index contributed by atoms with van der Waals surface area (Å²) in [5, 5.41) is 0. The largest absolute Gasteiger partial charge is 0.312 e. The molecule has 2 aliphatic rings. The van der Waals surface area contributed by atoms with Crippen molar-refractivity contribution in [1.29, 1.82) is 0 Å². The maximum atomic E-state index is 11.4. The molecule has 66 valence electrons. The van der Waals surface area contributed by atoms with Crippen LogP contribution in [-0.2, 0) is 4.79 Å². The van der Waals surface area contributed by atoms with Gasteiger partial charge >= 0.3 is 0 Å². The molecule has 1 fully saturated rings. The maximum absolute atomic E-state index is 11.4. The molecular weight excluding hydrogens is 162 g/mol. The summed E-state index contributed by atoms with van der Waals surface area (Å²) in [6.07, 6.45) is 11.1. The molecule has 2 rings (SSSR count). The van der Waals surface area contributed by atoms with Crippen LogP contribution in [0.25, 0.3) is 0 Å². The average molecular weight is 173 g/mol. The molecule has 0 aromatic rings. The SMILES string of the molecule is O=C1CCCN1C1=CC=C=CC=C1. The molecule has 0 aromatic carbocycles. The third-order valence-electron chi connectivity index (χ3n) is 2.19. The Morgan fingerprint density at radius 3 is 3.08 bits per heavy atom. The van der Waals surface area contributed by atoms with Crippen LogP contribution in [0.4, 0.5) is 0 Å². The van der Waals surface area contributed by atoms with Gasteiger partial charge in [-0.3, -0.25) is 4.79 Å². The molecule has 0 saturated carbocycles. The first-order valence-corrected chi connectivity index (χ1v) is 4.48. The van der Waals surface area contributed by atoms with Crippen molar-refractivity contribution in [3.8, 4) is 0 Å². The molecule has 1 aliphatic carbocycles. The first-order valence-electron chi connectivity index (χ1n) is 4.48. The van der Waals surface area contributed by atoms with Crippen LogP contribution in [0.5, 0.6) is 0 Å². The first kappa shape index (κ1) is 8.09. The van der Waals surface area contributed by atoms with Gasteiger partial charge in [-0.1, -0.05) is 6.08 Å². The molecular formula is C11H11NO. The minimum absolute atomic E-state index is 0.228. The van der Waals surface area contributed by atoms with E-state index >= 15 is 0 Å². The molecule has 0 unspecified atom stereocenters. The van der Waals surface area contributed by atoms with Gasteiger partial charge < -0.3 is 4.90 Å². The van der Waals surface area contributed by atoms with Crippen LogP contribution in [0.2, 0.25) is 0 Å². The predicted molar refractivity (Wildman–Crippen MR) is 50.8 cm³/mol. The number of hydrogen-bond donors (Lipinski definition) is 0. The predicted octanol–water partition coefficient (Wildman–Crippen LogP) is 1.77. The lowest BCUT2D eigenvalue weighted by atomic mass is 10.3. The van der Waals surface area contributed by atoms with E-state index in [1.165, 1.54) is 0 Å². The molecule has 2 nitrogen and oxygen atoms in total. The van der Waals surface area contributed by atoms with Crippen molar-refractivity contribution in [3.63, 3.8) is 0 Å². The summed E-state index contributed by atoms with van der Waals surface area (Å²) in [6.45, 7) is 0.850. The van der Waals surface area contributed by atoms with Crippen LogP contribution >= 0.6 is 0 Å². The third kappa shape index (κ3) is 1.63. The summed E-state index contributed by atoms with van der Waals surface area (Å²) in [4.78, 5) is 13.2. The van der Waals surface area contributed by atoms with Gasteiger partial charge in [0.25, 0.3) is 0 Å².